The van der Waals surface area contributed by atoms with Crippen LogP contribution in [0.4, 0.5) is 10.1 Å². The standard InChI is InChI=1S/C12H15FN2O/c13-10-3-5-11(6-4-10)14-8-12(16)15-7-9-1-2-9/h3-6,9,14H,1-2,7-8H2,(H,15,16). The number of carbonyl (C=O) groups is 1. The summed E-state index contributed by atoms with van der Waals surface area (Å²) in [6.07, 6.45) is 2.46. The number of halogens is 1. The molecule has 1 aliphatic rings. The van der Waals surface area contributed by atoms with Crippen LogP contribution in [0.25, 0.3) is 0 Å². The van der Waals surface area contributed by atoms with Gasteiger partial charge in [-0.1, -0.05) is 0 Å². The molecule has 2 rings (SSSR count). The van der Waals surface area contributed by atoms with Crippen molar-refractivity contribution in [3.05, 3.63) is 30.1 Å². The number of rotatable bonds is 5. The lowest BCUT2D eigenvalue weighted by Gasteiger charge is -2.06. The molecule has 2 N–H and O–H groups in total. The Hall–Kier alpha value is -1.58. The molecular formula is C12H15FN2O. The van der Waals surface area contributed by atoms with Crippen molar-refractivity contribution >= 4 is 11.6 Å². The van der Waals surface area contributed by atoms with Gasteiger partial charge in [-0.25, -0.2) is 4.39 Å². The largest absolute Gasteiger partial charge is 0.376 e. The molecule has 1 saturated carbocycles. The summed E-state index contributed by atoms with van der Waals surface area (Å²) in [6.45, 7) is 1.02. The zero-order chi connectivity index (χ0) is 11.4. The maximum absolute atomic E-state index is 12.6. The van der Waals surface area contributed by atoms with Gasteiger partial charge in [0.15, 0.2) is 0 Å². The van der Waals surface area contributed by atoms with Crippen molar-refractivity contribution in [2.75, 3.05) is 18.4 Å². The third kappa shape index (κ3) is 3.53. The summed E-state index contributed by atoms with van der Waals surface area (Å²) in [5, 5.41) is 5.79. The molecule has 0 bridgehead atoms. The predicted octanol–water partition coefficient (Wildman–Crippen LogP) is 1.76. The molecule has 0 heterocycles. The van der Waals surface area contributed by atoms with Crippen LogP contribution in [-0.4, -0.2) is 19.0 Å². The van der Waals surface area contributed by atoms with Gasteiger partial charge in [0.25, 0.3) is 0 Å². The molecule has 0 spiro atoms. The second-order valence-electron chi connectivity index (χ2n) is 4.11. The molecule has 0 aliphatic heterocycles. The molecule has 1 aliphatic carbocycles. The van der Waals surface area contributed by atoms with Crippen LogP contribution in [0, 0.1) is 11.7 Å². The number of amides is 1. The molecule has 1 aromatic carbocycles. The average Bonchev–Trinajstić information content (AvgIpc) is 3.09. The van der Waals surface area contributed by atoms with Gasteiger partial charge in [-0.2, -0.15) is 0 Å². The molecule has 86 valence electrons. The second-order valence-corrected chi connectivity index (χ2v) is 4.11. The van der Waals surface area contributed by atoms with Crippen molar-refractivity contribution in [3.8, 4) is 0 Å². The van der Waals surface area contributed by atoms with E-state index in [2.05, 4.69) is 10.6 Å². The Morgan fingerprint density at radius 2 is 2.00 bits per heavy atom. The SMILES string of the molecule is O=C(CNc1ccc(F)cc1)NCC1CC1. The van der Waals surface area contributed by atoms with Crippen molar-refractivity contribution < 1.29 is 9.18 Å². The summed E-state index contributed by atoms with van der Waals surface area (Å²) in [7, 11) is 0. The quantitative estimate of drug-likeness (QED) is 0.797. The minimum absolute atomic E-state index is 0.0174. The lowest BCUT2D eigenvalue weighted by Crippen LogP contribution is -2.31. The molecule has 0 saturated heterocycles. The monoisotopic (exact) mass is 222 g/mol. The van der Waals surface area contributed by atoms with Crippen LogP contribution in [-0.2, 0) is 4.79 Å². The molecule has 0 aromatic heterocycles. The lowest BCUT2D eigenvalue weighted by molar-refractivity contribution is -0.119. The first-order valence-electron chi connectivity index (χ1n) is 5.50. The molecule has 1 fully saturated rings. The van der Waals surface area contributed by atoms with Crippen LogP contribution in [0.3, 0.4) is 0 Å². The van der Waals surface area contributed by atoms with E-state index < -0.39 is 0 Å². The fourth-order valence-corrected chi connectivity index (χ4v) is 1.39. The molecule has 0 atom stereocenters. The summed E-state index contributed by atoms with van der Waals surface area (Å²) in [5.41, 5.74) is 0.753. The number of anilines is 1. The molecular weight excluding hydrogens is 207 g/mol. The Morgan fingerprint density at radius 1 is 1.31 bits per heavy atom. The zero-order valence-corrected chi connectivity index (χ0v) is 9.00. The molecule has 0 radical (unpaired) electrons. The Kier molecular flexibility index (Phi) is 3.39. The maximum atomic E-state index is 12.6. The van der Waals surface area contributed by atoms with E-state index in [0.29, 0.717) is 5.92 Å². The van der Waals surface area contributed by atoms with E-state index in [4.69, 9.17) is 0 Å². The fourth-order valence-electron chi connectivity index (χ4n) is 1.39. The minimum Gasteiger partial charge on any atom is -0.376 e. The van der Waals surface area contributed by atoms with Crippen molar-refractivity contribution in [2.45, 2.75) is 12.8 Å². The van der Waals surface area contributed by atoms with Gasteiger partial charge < -0.3 is 10.6 Å². The third-order valence-electron chi connectivity index (χ3n) is 2.58. The fraction of sp³-hybridized carbons (Fsp3) is 0.417. The van der Waals surface area contributed by atoms with E-state index in [9.17, 15) is 9.18 Å². The first kappa shape index (κ1) is 10.9. The van der Waals surface area contributed by atoms with E-state index >= 15 is 0 Å². The Bertz CT molecular complexity index is 360. The molecule has 3 nitrogen and oxygen atoms in total. The lowest BCUT2D eigenvalue weighted by atomic mass is 10.3. The van der Waals surface area contributed by atoms with E-state index in [-0.39, 0.29) is 18.3 Å². The smallest absolute Gasteiger partial charge is 0.239 e. The second kappa shape index (κ2) is 4.96. The van der Waals surface area contributed by atoms with Gasteiger partial charge in [-0.3, -0.25) is 4.79 Å². The van der Waals surface area contributed by atoms with Crippen molar-refractivity contribution in [2.24, 2.45) is 5.92 Å². The van der Waals surface area contributed by atoms with Gasteiger partial charge in [0.1, 0.15) is 5.82 Å². The van der Waals surface area contributed by atoms with Crippen molar-refractivity contribution in [1.29, 1.82) is 0 Å². The van der Waals surface area contributed by atoms with Gasteiger partial charge in [0, 0.05) is 12.2 Å². The topological polar surface area (TPSA) is 41.1 Å². The predicted molar refractivity (Wildman–Crippen MR) is 60.6 cm³/mol. The minimum atomic E-state index is -0.274. The normalized spacial score (nSPS) is 14.6. The van der Waals surface area contributed by atoms with Gasteiger partial charge >= 0.3 is 0 Å². The summed E-state index contributed by atoms with van der Waals surface area (Å²) in [4.78, 5) is 11.4. The first-order valence-corrected chi connectivity index (χ1v) is 5.50. The van der Waals surface area contributed by atoms with Gasteiger partial charge in [-0.05, 0) is 43.0 Å². The van der Waals surface area contributed by atoms with Gasteiger partial charge in [0.05, 0.1) is 6.54 Å². The molecule has 1 amide bonds. The van der Waals surface area contributed by atoms with Crippen LogP contribution in [0.5, 0.6) is 0 Å². The summed E-state index contributed by atoms with van der Waals surface area (Å²) in [6, 6.07) is 5.96. The Morgan fingerprint density at radius 3 is 2.62 bits per heavy atom. The van der Waals surface area contributed by atoms with Crippen molar-refractivity contribution in [3.63, 3.8) is 0 Å². The molecule has 16 heavy (non-hydrogen) atoms. The molecule has 0 unspecified atom stereocenters. The highest BCUT2D eigenvalue weighted by Crippen LogP contribution is 2.27. The van der Waals surface area contributed by atoms with Crippen LogP contribution < -0.4 is 10.6 Å². The summed E-state index contributed by atoms with van der Waals surface area (Å²) < 4.78 is 12.6. The van der Waals surface area contributed by atoms with Crippen LogP contribution >= 0.6 is 0 Å². The highest BCUT2D eigenvalue weighted by molar-refractivity contribution is 5.80. The van der Waals surface area contributed by atoms with Crippen LogP contribution in [0.1, 0.15) is 12.8 Å². The van der Waals surface area contributed by atoms with Crippen LogP contribution in [0.15, 0.2) is 24.3 Å². The Labute approximate surface area is 94.0 Å². The highest BCUT2D eigenvalue weighted by atomic mass is 19.1. The first-order chi connectivity index (χ1) is 7.74. The summed E-state index contributed by atoms with van der Waals surface area (Å²) in [5.74, 6) is 0.398. The highest BCUT2D eigenvalue weighted by Gasteiger charge is 2.21. The number of hydrogen-bond donors (Lipinski definition) is 2. The van der Waals surface area contributed by atoms with Crippen LogP contribution in [0.2, 0.25) is 0 Å². The van der Waals surface area contributed by atoms with E-state index in [0.717, 1.165) is 12.2 Å². The number of hydrogen-bond acceptors (Lipinski definition) is 2. The third-order valence-corrected chi connectivity index (χ3v) is 2.58. The summed E-state index contributed by atoms with van der Waals surface area (Å²) >= 11 is 0. The van der Waals surface area contributed by atoms with E-state index in [1.165, 1.54) is 25.0 Å². The van der Waals surface area contributed by atoms with Gasteiger partial charge in [0.2, 0.25) is 5.91 Å². The zero-order valence-electron chi connectivity index (χ0n) is 9.00. The van der Waals surface area contributed by atoms with E-state index in [1.807, 2.05) is 0 Å². The van der Waals surface area contributed by atoms with Gasteiger partial charge in [-0.15, -0.1) is 0 Å². The molecule has 1 aromatic rings. The number of nitrogens with one attached hydrogen (secondary N) is 2. The maximum Gasteiger partial charge on any atom is 0.239 e. The average molecular weight is 222 g/mol. The number of benzene rings is 1. The van der Waals surface area contributed by atoms with Crippen molar-refractivity contribution in [1.82, 2.24) is 5.32 Å². The number of carbonyl (C=O) groups excluding carboxylic acids is 1. The van der Waals surface area contributed by atoms with E-state index in [1.54, 1.807) is 12.1 Å². The Balaban J connectivity index is 1.69. The molecule has 4 heteroatoms.